The van der Waals surface area contributed by atoms with E-state index >= 15 is 0 Å². The number of rotatable bonds is 5. The van der Waals surface area contributed by atoms with E-state index < -0.39 is 0 Å². The van der Waals surface area contributed by atoms with E-state index in [9.17, 15) is 4.79 Å². The second kappa shape index (κ2) is 8.50. The molecule has 1 fully saturated rings. The normalized spacial score (nSPS) is 16.5. The van der Waals surface area contributed by atoms with Crippen molar-refractivity contribution in [2.45, 2.75) is 33.2 Å². The highest BCUT2D eigenvalue weighted by Gasteiger charge is 2.27. The fourth-order valence-corrected chi connectivity index (χ4v) is 2.62. The molecule has 128 valence electrons. The lowest BCUT2D eigenvalue weighted by atomic mass is 9.97. The number of piperidine rings is 1. The smallest absolute Gasteiger partial charge is 0.309 e. The number of hydrogen-bond acceptors (Lipinski definition) is 5. The second-order valence-corrected chi connectivity index (χ2v) is 5.48. The number of hydrogen-bond donors (Lipinski definition) is 1. The average Bonchev–Trinajstić information content (AvgIpc) is 2.97. The molecule has 0 aromatic carbocycles. The molecule has 1 aliphatic heterocycles. The van der Waals surface area contributed by atoms with Crippen LogP contribution in [0.25, 0.3) is 0 Å². The molecule has 0 bridgehead atoms. The monoisotopic (exact) mass is 322 g/mol. The quantitative estimate of drug-likeness (QED) is 0.484. The maximum atomic E-state index is 11.8. The molecule has 1 N–H and O–H groups in total. The Balaban J connectivity index is 1.94. The van der Waals surface area contributed by atoms with Gasteiger partial charge in [0.1, 0.15) is 18.7 Å². The number of guanidine groups is 1. The van der Waals surface area contributed by atoms with E-state index in [1.165, 1.54) is 6.33 Å². The molecule has 8 heteroatoms. The lowest BCUT2D eigenvalue weighted by molar-refractivity contribution is -0.149. The van der Waals surface area contributed by atoms with E-state index in [0.29, 0.717) is 13.2 Å². The Morgan fingerprint density at radius 2 is 2.17 bits per heavy atom. The van der Waals surface area contributed by atoms with E-state index in [4.69, 9.17) is 4.74 Å². The number of nitrogens with zero attached hydrogens (tertiary/aromatic N) is 5. The van der Waals surface area contributed by atoms with Crippen LogP contribution in [-0.4, -0.2) is 57.8 Å². The van der Waals surface area contributed by atoms with Crippen molar-refractivity contribution < 1.29 is 9.53 Å². The van der Waals surface area contributed by atoms with Crippen LogP contribution in [0.1, 0.15) is 32.5 Å². The number of nitrogens with one attached hydrogen (secondary N) is 1. The van der Waals surface area contributed by atoms with E-state index in [0.717, 1.165) is 44.3 Å². The Labute approximate surface area is 136 Å². The summed E-state index contributed by atoms with van der Waals surface area (Å²) in [5, 5.41) is 7.36. The molecule has 1 aliphatic rings. The van der Waals surface area contributed by atoms with Gasteiger partial charge in [-0.2, -0.15) is 5.10 Å². The standard InChI is InChI=1S/C15H26N6O2/c1-4-16-15(17-10-13-18-11-19-20(13)3)21-8-6-12(7-9-21)14(22)23-5-2/h11-12H,4-10H2,1-3H3,(H,16,17). The summed E-state index contributed by atoms with van der Waals surface area (Å²) in [7, 11) is 1.86. The minimum Gasteiger partial charge on any atom is -0.466 e. The molecule has 0 aliphatic carbocycles. The maximum Gasteiger partial charge on any atom is 0.309 e. The van der Waals surface area contributed by atoms with Crippen LogP contribution >= 0.6 is 0 Å². The van der Waals surface area contributed by atoms with Gasteiger partial charge >= 0.3 is 5.97 Å². The molecular weight excluding hydrogens is 296 g/mol. The fraction of sp³-hybridized carbons (Fsp3) is 0.733. The zero-order valence-corrected chi connectivity index (χ0v) is 14.2. The van der Waals surface area contributed by atoms with Gasteiger partial charge < -0.3 is 15.0 Å². The second-order valence-electron chi connectivity index (χ2n) is 5.48. The summed E-state index contributed by atoms with van der Waals surface area (Å²) < 4.78 is 6.84. The number of aromatic nitrogens is 3. The molecule has 0 radical (unpaired) electrons. The number of aliphatic imine (C=N–C) groups is 1. The minimum absolute atomic E-state index is 0.00724. The Morgan fingerprint density at radius 1 is 1.43 bits per heavy atom. The zero-order valence-electron chi connectivity index (χ0n) is 14.2. The van der Waals surface area contributed by atoms with Gasteiger partial charge in [-0.1, -0.05) is 0 Å². The van der Waals surface area contributed by atoms with E-state index in [-0.39, 0.29) is 11.9 Å². The van der Waals surface area contributed by atoms with Crippen molar-refractivity contribution in [2.24, 2.45) is 18.0 Å². The van der Waals surface area contributed by atoms with Crippen LogP contribution in [-0.2, 0) is 23.1 Å². The summed E-state index contributed by atoms with van der Waals surface area (Å²) in [5.41, 5.74) is 0. The molecule has 23 heavy (non-hydrogen) atoms. The first-order chi connectivity index (χ1) is 11.2. The molecule has 8 nitrogen and oxygen atoms in total. The number of ether oxygens (including phenoxy) is 1. The van der Waals surface area contributed by atoms with Gasteiger partial charge in [0, 0.05) is 26.7 Å². The molecule has 0 unspecified atom stereocenters. The molecule has 0 saturated carbocycles. The van der Waals surface area contributed by atoms with Crippen LogP contribution in [0, 0.1) is 5.92 Å². The van der Waals surface area contributed by atoms with Crippen LogP contribution in [0.5, 0.6) is 0 Å². The van der Waals surface area contributed by atoms with Gasteiger partial charge in [0.05, 0.1) is 12.5 Å². The van der Waals surface area contributed by atoms with Crippen molar-refractivity contribution in [1.29, 1.82) is 0 Å². The Bertz CT molecular complexity index is 534. The van der Waals surface area contributed by atoms with Crippen molar-refractivity contribution in [3.63, 3.8) is 0 Å². The summed E-state index contributed by atoms with van der Waals surface area (Å²) in [4.78, 5) is 22.8. The summed E-state index contributed by atoms with van der Waals surface area (Å²) in [6.45, 7) is 7.22. The van der Waals surface area contributed by atoms with Crippen LogP contribution < -0.4 is 5.32 Å². The first-order valence-electron chi connectivity index (χ1n) is 8.18. The Kier molecular flexibility index (Phi) is 6.37. The Morgan fingerprint density at radius 3 is 2.74 bits per heavy atom. The summed E-state index contributed by atoms with van der Waals surface area (Å²) in [6.07, 6.45) is 3.13. The number of carbonyl (C=O) groups excluding carboxylic acids is 1. The van der Waals surface area contributed by atoms with E-state index in [1.54, 1.807) is 4.68 Å². The highest BCUT2D eigenvalue weighted by molar-refractivity contribution is 5.80. The van der Waals surface area contributed by atoms with Crippen molar-refractivity contribution >= 4 is 11.9 Å². The van der Waals surface area contributed by atoms with E-state index in [1.807, 2.05) is 20.9 Å². The van der Waals surface area contributed by atoms with Crippen LogP contribution in [0.4, 0.5) is 0 Å². The lowest BCUT2D eigenvalue weighted by Crippen LogP contribution is -2.46. The lowest BCUT2D eigenvalue weighted by Gasteiger charge is -2.33. The number of carbonyl (C=O) groups is 1. The van der Waals surface area contributed by atoms with Gasteiger partial charge in [0.2, 0.25) is 0 Å². The SMILES string of the molecule is CCNC(=NCc1ncnn1C)N1CCC(C(=O)OCC)CC1. The average molecular weight is 322 g/mol. The molecule has 1 saturated heterocycles. The molecule has 0 spiro atoms. The first kappa shape index (κ1) is 17.2. The molecular formula is C15H26N6O2. The number of likely N-dealkylation sites (tertiary alicyclic amines) is 1. The fourth-order valence-electron chi connectivity index (χ4n) is 2.62. The number of aryl methyl sites for hydroxylation is 1. The summed E-state index contributed by atoms with van der Waals surface area (Å²) in [5.74, 6) is 1.61. The van der Waals surface area contributed by atoms with Crippen LogP contribution in [0.3, 0.4) is 0 Å². The highest BCUT2D eigenvalue weighted by Crippen LogP contribution is 2.18. The van der Waals surface area contributed by atoms with Gasteiger partial charge in [-0.15, -0.1) is 0 Å². The number of esters is 1. The molecule has 0 amide bonds. The molecule has 1 aromatic heterocycles. The third kappa shape index (κ3) is 4.67. The third-order valence-corrected chi connectivity index (χ3v) is 3.92. The van der Waals surface area contributed by atoms with Gasteiger partial charge in [0.15, 0.2) is 5.96 Å². The van der Waals surface area contributed by atoms with Gasteiger partial charge in [-0.05, 0) is 26.7 Å². The van der Waals surface area contributed by atoms with Gasteiger partial charge in [-0.3, -0.25) is 9.48 Å². The molecule has 1 aromatic rings. The molecule has 2 rings (SSSR count). The Hall–Kier alpha value is -2.12. The summed E-state index contributed by atoms with van der Waals surface area (Å²) >= 11 is 0. The minimum atomic E-state index is -0.0758. The third-order valence-electron chi connectivity index (χ3n) is 3.92. The zero-order chi connectivity index (χ0) is 16.7. The summed E-state index contributed by atoms with van der Waals surface area (Å²) in [6, 6.07) is 0. The van der Waals surface area contributed by atoms with Crippen molar-refractivity contribution in [3.05, 3.63) is 12.2 Å². The predicted molar refractivity (Wildman–Crippen MR) is 86.7 cm³/mol. The first-order valence-corrected chi connectivity index (χ1v) is 8.18. The van der Waals surface area contributed by atoms with Crippen LogP contribution in [0.2, 0.25) is 0 Å². The highest BCUT2D eigenvalue weighted by atomic mass is 16.5. The predicted octanol–water partition coefficient (Wildman–Crippen LogP) is 0.556. The van der Waals surface area contributed by atoms with Crippen molar-refractivity contribution in [3.8, 4) is 0 Å². The maximum absolute atomic E-state index is 11.8. The largest absolute Gasteiger partial charge is 0.466 e. The van der Waals surface area contributed by atoms with Gasteiger partial charge in [-0.25, -0.2) is 9.98 Å². The van der Waals surface area contributed by atoms with Crippen molar-refractivity contribution in [1.82, 2.24) is 25.0 Å². The van der Waals surface area contributed by atoms with Crippen LogP contribution in [0.15, 0.2) is 11.3 Å². The van der Waals surface area contributed by atoms with E-state index in [2.05, 4.69) is 25.3 Å². The van der Waals surface area contributed by atoms with Gasteiger partial charge in [0.25, 0.3) is 0 Å². The van der Waals surface area contributed by atoms with Crippen molar-refractivity contribution in [2.75, 3.05) is 26.2 Å². The molecule has 0 atom stereocenters. The topological polar surface area (TPSA) is 84.6 Å². The molecule has 2 heterocycles.